The van der Waals surface area contributed by atoms with Crippen molar-refractivity contribution in [2.45, 2.75) is 31.3 Å². The van der Waals surface area contributed by atoms with Crippen molar-refractivity contribution < 1.29 is 32.7 Å². The molecule has 8 nitrogen and oxygen atoms in total. The normalized spacial score (nSPS) is 15.6. The number of nitrogens with two attached hydrogens (primary N) is 1. The molecule has 176 valence electrons. The molecule has 0 bridgehead atoms. The first-order valence-corrected chi connectivity index (χ1v) is 9.53. The summed E-state index contributed by atoms with van der Waals surface area (Å²) < 4.78 is 40.2. The molecule has 0 fully saturated rings. The number of carbonyl (C=O) groups is 3. The molecule has 2 aromatic carbocycles. The van der Waals surface area contributed by atoms with E-state index in [1.54, 1.807) is 0 Å². The fourth-order valence-electron chi connectivity index (χ4n) is 3.19. The van der Waals surface area contributed by atoms with Crippen molar-refractivity contribution in [1.82, 2.24) is 5.01 Å². The van der Waals surface area contributed by atoms with E-state index in [0.29, 0.717) is 17.8 Å². The minimum absolute atomic E-state index is 0. The van der Waals surface area contributed by atoms with Gasteiger partial charge in [-0.05, 0) is 42.3 Å². The molecule has 0 aliphatic carbocycles. The number of hydrogen-bond acceptors (Lipinski definition) is 5. The van der Waals surface area contributed by atoms with Crippen molar-refractivity contribution in [2.24, 2.45) is 10.8 Å². The number of halogens is 4. The summed E-state index contributed by atoms with van der Waals surface area (Å²) in [6.45, 7) is 0. The van der Waals surface area contributed by atoms with Crippen LogP contribution in [0, 0.1) is 17.5 Å². The zero-order valence-electron chi connectivity index (χ0n) is 17.0. The van der Waals surface area contributed by atoms with Crippen LogP contribution in [0.3, 0.4) is 0 Å². The Balaban J connectivity index is 0.00000385. The average molecular weight is 485 g/mol. The molecule has 0 saturated heterocycles. The highest BCUT2D eigenvalue weighted by atomic mass is 35.5. The average Bonchev–Trinajstić information content (AvgIpc) is 3.22. The van der Waals surface area contributed by atoms with E-state index in [4.69, 9.17) is 10.8 Å². The van der Waals surface area contributed by atoms with Gasteiger partial charge in [0.25, 0.3) is 0 Å². The Morgan fingerprint density at radius 2 is 1.76 bits per heavy atom. The van der Waals surface area contributed by atoms with Gasteiger partial charge in [0, 0.05) is 36.9 Å². The number of carboxylic acid groups (broad SMARTS) is 1. The molecule has 0 aromatic heterocycles. The number of aromatic carboxylic acids is 1. The van der Waals surface area contributed by atoms with Crippen LogP contribution in [-0.4, -0.2) is 46.2 Å². The Labute approximate surface area is 192 Å². The molecule has 0 spiro atoms. The van der Waals surface area contributed by atoms with E-state index in [2.05, 4.69) is 10.4 Å². The Morgan fingerprint density at radius 3 is 2.39 bits per heavy atom. The topological polar surface area (TPSA) is 125 Å². The highest BCUT2D eigenvalue weighted by Crippen LogP contribution is 2.19. The molecule has 0 radical (unpaired) electrons. The molecule has 1 aliphatic heterocycles. The van der Waals surface area contributed by atoms with E-state index in [0.717, 1.165) is 5.01 Å². The number of amides is 2. The van der Waals surface area contributed by atoms with Gasteiger partial charge in [0.05, 0.1) is 5.56 Å². The number of hydrazone groups is 1. The first-order chi connectivity index (χ1) is 15.2. The summed E-state index contributed by atoms with van der Waals surface area (Å²) in [6.07, 6.45) is 1.00. The summed E-state index contributed by atoms with van der Waals surface area (Å²) in [5.74, 6) is -5.78. The predicted molar refractivity (Wildman–Crippen MR) is 116 cm³/mol. The summed E-state index contributed by atoms with van der Waals surface area (Å²) >= 11 is 0. The van der Waals surface area contributed by atoms with Crippen molar-refractivity contribution >= 4 is 42.1 Å². The summed E-state index contributed by atoms with van der Waals surface area (Å²) in [6, 6.07) is 4.69. The van der Waals surface area contributed by atoms with Crippen molar-refractivity contribution in [3.63, 3.8) is 0 Å². The quantitative estimate of drug-likeness (QED) is 0.521. The lowest BCUT2D eigenvalue weighted by molar-refractivity contribution is -0.137. The Kier molecular flexibility index (Phi) is 8.55. The summed E-state index contributed by atoms with van der Waals surface area (Å²) in [4.78, 5) is 36.1. The third-order valence-corrected chi connectivity index (χ3v) is 4.80. The van der Waals surface area contributed by atoms with Gasteiger partial charge in [-0.25, -0.2) is 23.0 Å². The van der Waals surface area contributed by atoms with Gasteiger partial charge in [0.1, 0.15) is 11.9 Å². The fourth-order valence-corrected chi connectivity index (χ4v) is 3.19. The third kappa shape index (κ3) is 6.30. The number of nitrogens with one attached hydrogen (secondary N) is 1. The molecule has 33 heavy (non-hydrogen) atoms. The SMILES string of the molecule is Cl.N[C@@H](CC(=O)N1N=CCC1C(=O)Nc1ccc(C(=O)O)cc1)Cc1cc(F)c(F)cc1F. The van der Waals surface area contributed by atoms with Crippen LogP contribution in [0.2, 0.25) is 0 Å². The Bertz CT molecular complexity index is 1080. The van der Waals surface area contributed by atoms with Crippen LogP contribution in [-0.2, 0) is 16.0 Å². The monoisotopic (exact) mass is 484 g/mol. The zero-order valence-corrected chi connectivity index (χ0v) is 17.8. The van der Waals surface area contributed by atoms with Gasteiger partial charge in [-0.1, -0.05) is 0 Å². The van der Waals surface area contributed by atoms with Crippen LogP contribution in [0.15, 0.2) is 41.5 Å². The number of rotatable bonds is 7. The molecule has 2 atom stereocenters. The number of benzene rings is 2. The van der Waals surface area contributed by atoms with Gasteiger partial charge >= 0.3 is 5.97 Å². The molecular weight excluding hydrogens is 465 g/mol. The highest BCUT2D eigenvalue weighted by molar-refractivity contribution is 6.00. The summed E-state index contributed by atoms with van der Waals surface area (Å²) in [5.41, 5.74) is 6.10. The van der Waals surface area contributed by atoms with Crippen LogP contribution in [0.4, 0.5) is 18.9 Å². The van der Waals surface area contributed by atoms with Crippen LogP contribution in [0.5, 0.6) is 0 Å². The molecule has 2 amide bonds. The highest BCUT2D eigenvalue weighted by Gasteiger charge is 2.33. The molecule has 1 heterocycles. The van der Waals surface area contributed by atoms with Gasteiger partial charge in [-0.15, -0.1) is 12.4 Å². The van der Waals surface area contributed by atoms with Gasteiger partial charge in [-0.3, -0.25) is 9.59 Å². The zero-order chi connectivity index (χ0) is 23.4. The summed E-state index contributed by atoms with van der Waals surface area (Å²) in [5, 5.41) is 16.4. The smallest absolute Gasteiger partial charge is 0.335 e. The van der Waals surface area contributed by atoms with E-state index in [-0.39, 0.29) is 42.8 Å². The summed E-state index contributed by atoms with van der Waals surface area (Å²) in [7, 11) is 0. The van der Waals surface area contributed by atoms with Crippen LogP contribution >= 0.6 is 12.4 Å². The van der Waals surface area contributed by atoms with Crippen LogP contribution in [0.25, 0.3) is 0 Å². The number of anilines is 1. The largest absolute Gasteiger partial charge is 0.478 e. The van der Waals surface area contributed by atoms with E-state index in [1.807, 2.05) is 0 Å². The molecule has 1 unspecified atom stereocenters. The van der Waals surface area contributed by atoms with Crippen LogP contribution < -0.4 is 11.1 Å². The minimum atomic E-state index is -1.33. The molecular formula is C21H20ClF3N4O4. The van der Waals surface area contributed by atoms with E-state index in [9.17, 15) is 27.6 Å². The maximum absolute atomic E-state index is 13.8. The van der Waals surface area contributed by atoms with E-state index in [1.165, 1.54) is 30.5 Å². The van der Waals surface area contributed by atoms with Gasteiger partial charge in [-0.2, -0.15) is 5.10 Å². The first kappa shape index (κ1) is 25.8. The van der Waals surface area contributed by atoms with Gasteiger partial charge < -0.3 is 16.2 Å². The Hall–Kier alpha value is -3.44. The van der Waals surface area contributed by atoms with Crippen LogP contribution in [0.1, 0.15) is 28.8 Å². The van der Waals surface area contributed by atoms with Gasteiger partial charge in [0.2, 0.25) is 11.8 Å². The van der Waals surface area contributed by atoms with Crippen molar-refractivity contribution in [2.75, 3.05) is 5.32 Å². The second-order valence-corrected chi connectivity index (χ2v) is 7.19. The first-order valence-electron chi connectivity index (χ1n) is 9.53. The van der Waals surface area contributed by atoms with Crippen molar-refractivity contribution in [1.29, 1.82) is 0 Å². The number of carbonyl (C=O) groups excluding carboxylic acids is 2. The molecule has 2 aromatic rings. The van der Waals surface area contributed by atoms with Gasteiger partial charge in [0.15, 0.2) is 11.6 Å². The number of hydrogen-bond donors (Lipinski definition) is 3. The maximum Gasteiger partial charge on any atom is 0.335 e. The maximum atomic E-state index is 13.8. The lowest BCUT2D eigenvalue weighted by atomic mass is 10.0. The molecule has 3 rings (SSSR count). The fraction of sp³-hybridized carbons (Fsp3) is 0.238. The standard InChI is InChI=1S/C21H19F3N4O4.ClH/c22-15-10-17(24)16(23)8-12(15)7-13(25)9-19(29)28-18(5-6-26-28)20(30)27-14-3-1-11(2-4-14)21(31)32;/h1-4,6,8,10,13,18H,5,7,9,25H2,(H,27,30)(H,31,32);1H/t13-,18?;/m1./s1. The van der Waals surface area contributed by atoms with Crippen molar-refractivity contribution in [3.8, 4) is 0 Å². The number of carboxylic acids is 1. The molecule has 0 saturated carbocycles. The molecule has 4 N–H and O–H groups in total. The number of nitrogens with zero attached hydrogens (tertiary/aromatic N) is 2. The second kappa shape index (κ2) is 10.9. The second-order valence-electron chi connectivity index (χ2n) is 7.19. The van der Waals surface area contributed by atoms with Crippen molar-refractivity contribution in [3.05, 3.63) is 65.0 Å². The lowest BCUT2D eigenvalue weighted by Gasteiger charge is -2.23. The predicted octanol–water partition coefficient (Wildman–Crippen LogP) is 2.71. The minimum Gasteiger partial charge on any atom is -0.478 e. The van der Waals surface area contributed by atoms with E-state index < -0.39 is 47.3 Å². The molecule has 1 aliphatic rings. The third-order valence-electron chi connectivity index (χ3n) is 4.80. The molecule has 12 heteroatoms. The lowest BCUT2D eigenvalue weighted by Crippen LogP contribution is -2.43. The Morgan fingerprint density at radius 1 is 1.12 bits per heavy atom. The van der Waals surface area contributed by atoms with E-state index >= 15 is 0 Å².